The van der Waals surface area contributed by atoms with E-state index in [0.29, 0.717) is 22.5 Å². The predicted molar refractivity (Wildman–Crippen MR) is 102 cm³/mol. The Morgan fingerprint density at radius 3 is 1.85 bits per heavy atom. The highest BCUT2D eigenvalue weighted by Gasteiger charge is 2.44. The van der Waals surface area contributed by atoms with Gasteiger partial charge in [0.1, 0.15) is 5.41 Å². The molecule has 6 N–H and O–H groups in total. The number of hydrogen-bond donors (Lipinski definition) is 3. The Hall–Kier alpha value is -2.86. The number of nitrogens with two attached hydrogens (primary N) is 3. The number of carbonyl (C=O) groups is 2. The third kappa shape index (κ3) is 3.86. The third-order valence-electron chi connectivity index (χ3n) is 4.52. The molecule has 0 spiro atoms. The summed E-state index contributed by atoms with van der Waals surface area (Å²) in [6, 6.07) is 13.0. The fourth-order valence-electron chi connectivity index (χ4n) is 2.61. The molecule has 138 valence electrons. The van der Waals surface area contributed by atoms with Crippen molar-refractivity contribution in [3.8, 4) is 0 Å². The van der Waals surface area contributed by atoms with Gasteiger partial charge < -0.3 is 21.9 Å². The number of benzene rings is 2. The van der Waals surface area contributed by atoms with Gasteiger partial charge in [-0.3, -0.25) is 9.59 Å². The fourth-order valence-corrected chi connectivity index (χ4v) is 2.61. The van der Waals surface area contributed by atoms with Crippen LogP contribution in [0.1, 0.15) is 37.9 Å². The summed E-state index contributed by atoms with van der Waals surface area (Å²) >= 11 is 0. The van der Waals surface area contributed by atoms with E-state index in [1.807, 2.05) is 0 Å². The highest BCUT2D eigenvalue weighted by molar-refractivity contribution is 5.93. The van der Waals surface area contributed by atoms with Gasteiger partial charge in [0.05, 0.1) is 5.92 Å². The van der Waals surface area contributed by atoms with Crippen LogP contribution in [0.2, 0.25) is 0 Å². The molecule has 26 heavy (non-hydrogen) atoms. The summed E-state index contributed by atoms with van der Waals surface area (Å²) in [5.41, 5.74) is 19.1. The molecule has 0 aliphatic rings. The zero-order chi connectivity index (χ0) is 19.5. The fraction of sp³-hybridized carbons (Fsp3) is 0.300. The van der Waals surface area contributed by atoms with Crippen molar-refractivity contribution in [3.63, 3.8) is 0 Å². The molecular weight excluding hydrogens is 330 g/mol. The molecule has 2 aromatic rings. The van der Waals surface area contributed by atoms with Gasteiger partial charge >= 0.3 is 11.9 Å². The largest absolute Gasteiger partial charge is 0.399 e. The van der Waals surface area contributed by atoms with E-state index in [1.54, 1.807) is 69.3 Å². The number of ether oxygens (including phenoxy) is 1. The lowest BCUT2D eigenvalue weighted by molar-refractivity contribution is -0.166. The lowest BCUT2D eigenvalue weighted by Gasteiger charge is -2.34. The lowest BCUT2D eigenvalue weighted by atomic mass is 9.73. The molecule has 2 rings (SSSR count). The normalized spacial score (nSPS) is 14.5. The summed E-state index contributed by atoms with van der Waals surface area (Å²) in [4.78, 5) is 24.9. The van der Waals surface area contributed by atoms with Gasteiger partial charge in [-0.15, -0.1) is 0 Å². The van der Waals surface area contributed by atoms with E-state index in [2.05, 4.69) is 0 Å². The number of rotatable bonds is 5. The molecule has 6 nitrogen and oxygen atoms in total. The first-order chi connectivity index (χ1) is 12.2. The summed E-state index contributed by atoms with van der Waals surface area (Å²) in [6.45, 7) is 4.99. The van der Waals surface area contributed by atoms with Crippen LogP contribution in [0, 0.1) is 5.92 Å². The second kappa shape index (κ2) is 7.58. The summed E-state index contributed by atoms with van der Waals surface area (Å²) in [5.74, 6) is -1.73. The molecule has 6 heteroatoms. The van der Waals surface area contributed by atoms with Crippen LogP contribution in [0.3, 0.4) is 0 Å². The van der Waals surface area contributed by atoms with E-state index in [0.717, 1.165) is 0 Å². The van der Waals surface area contributed by atoms with Crippen LogP contribution < -0.4 is 17.2 Å². The van der Waals surface area contributed by atoms with Crippen LogP contribution in [0.4, 0.5) is 11.4 Å². The predicted octanol–water partition coefficient (Wildman–Crippen LogP) is 2.53. The van der Waals surface area contributed by atoms with Crippen LogP contribution in [0.5, 0.6) is 0 Å². The number of nitrogen functional groups attached to an aromatic ring is 2. The van der Waals surface area contributed by atoms with Crippen LogP contribution in [-0.2, 0) is 19.7 Å². The summed E-state index contributed by atoms with van der Waals surface area (Å²) in [7, 11) is 0. The summed E-state index contributed by atoms with van der Waals surface area (Å²) in [6.07, 6.45) is 0. The highest BCUT2D eigenvalue weighted by atomic mass is 16.6. The molecule has 0 saturated carbocycles. The maximum absolute atomic E-state index is 13.0. The lowest BCUT2D eigenvalue weighted by Crippen LogP contribution is -2.45. The first-order valence-electron chi connectivity index (χ1n) is 8.39. The third-order valence-corrected chi connectivity index (χ3v) is 4.52. The van der Waals surface area contributed by atoms with Crippen molar-refractivity contribution in [2.24, 2.45) is 11.7 Å². The SMILES string of the molecule is CC(C)C(=O)OC(=O)C(C)(c1ccc(N)cc1)C(N)c1ccc(N)cc1. The Morgan fingerprint density at radius 2 is 1.38 bits per heavy atom. The van der Waals surface area contributed by atoms with Crippen molar-refractivity contribution in [1.29, 1.82) is 0 Å². The molecule has 0 radical (unpaired) electrons. The van der Waals surface area contributed by atoms with Gasteiger partial charge in [-0.2, -0.15) is 0 Å². The van der Waals surface area contributed by atoms with Gasteiger partial charge in [0.15, 0.2) is 0 Å². The van der Waals surface area contributed by atoms with Crippen molar-refractivity contribution in [2.75, 3.05) is 11.5 Å². The molecule has 0 aromatic heterocycles. The zero-order valence-corrected chi connectivity index (χ0v) is 15.2. The summed E-state index contributed by atoms with van der Waals surface area (Å²) < 4.78 is 5.11. The van der Waals surface area contributed by atoms with Crippen LogP contribution in [0.25, 0.3) is 0 Å². The average molecular weight is 355 g/mol. The molecule has 0 bridgehead atoms. The number of hydrogen-bond acceptors (Lipinski definition) is 6. The minimum Gasteiger partial charge on any atom is -0.399 e. The van der Waals surface area contributed by atoms with Crippen molar-refractivity contribution >= 4 is 23.3 Å². The molecule has 0 heterocycles. The van der Waals surface area contributed by atoms with Crippen LogP contribution in [-0.4, -0.2) is 11.9 Å². The van der Waals surface area contributed by atoms with E-state index in [-0.39, 0.29) is 0 Å². The maximum Gasteiger partial charge on any atom is 0.325 e. The molecular formula is C20H25N3O3. The van der Waals surface area contributed by atoms with Crippen LogP contribution in [0.15, 0.2) is 48.5 Å². The quantitative estimate of drug-likeness (QED) is 0.430. The van der Waals surface area contributed by atoms with Gasteiger partial charge in [0.25, 0.3) is 0 Å². The zero-order valence-electron chi connectivity index (χ0n) is 15.2. The summed E-state index contributed by atoms with van der Waals surface area (Å²) in [5, 5.41) is 0. The van der Waals surface area contributed by atoms with Crippen molar-refractivity contribution in [1.82, 2.24) is 0 Å². The number of carbonyl (C=O) groups excluding carboxylic acids is 2. The van der Waals surface area contributed by atoms with E-state index >= 15 is 0 Å². The van der Waals surface area contributed by atoms with E-state index in [9.17, 15) is 9.59 Å². The van der Waals surface area contributed by atoms with Crippen molar-refractivity contribution in [3.05, 3.63) is 59.7 Å². The minimum absolute atomic E-state index is 0.428. The first-order valence-corrected chi connectivity index (χ1v) is 8.39. The smallest absolute Gasteiger partial charge is 0.325 e. The Morgan fingerprint density at radius 1 is 0.923 bits per heavy atom. The Bertz CT molecular complexity index is 785. The first kappa shape index (κ1) is 19.5. The van der Waals surface area contributed by atoms with Crippen LogP contribution >= 0.6 is 0 Å². The molecule has 0 amide bonds. The average Bonchev–Trinajstić information content (AvgIpc) is 2.61. The standard InChI is InChI=1S/C20H25N3O3/c1-12(2)18(24)26-19(25)20(3,14-6-10-16(22)11-7-14)17(23)13-4-8-15(21)9-5-13/h4-12,17H,21-23H2,1-3H3. The molecule has 0 saturated heterocycles. The Kier molecular flexibility index (Phi) is 5.67. The van der Waals surface area contributed by atoms with E-state index in [1.165, 1.54) is 0 Å². The van der Waals surface area contributed by atoms with E-state index in [4.69, 9.17) is 21.9 Å². The van der Waals surface area contributed by atoms with Crippen molar-refractivity contribution < 1.29 is 14.3 Å². The van der Waals surface area contributed by atoms with Gasteiger partial charge in [0.2, 0.25) is 0 Å². The number of esters is 2. The highest BCUT2D eigenvalue weighted by Crippen LogP contribution is 2.37. The van der Waals surface area contributed by atoms with E-state index < -0.39 is 29.3 Å². The Labute approximate surface area is 153 Å². The second-order valence-corrected chi connectivity index (χ2v) is 6.83. The molecule has 0 aliphatic heterocycles. The molecule has 0 fully saturated rings. The van der Waals surface area contributed by atoms with Gasteiger partial charge in [-0.25, -0.2) is 0 Å². The number of anilines is 2. The second-order valence-electron chi connectivity index (χ2n) is 6.83. The van der Waals surface area contributed by atoms with Crippen molar-refractivity contribution in [2.45, 2.75) is 32.2 Å². The Balaban J connectivity index is 2.50. The monoisotopic (exact) mass is 355 g/mol. The molecule has 2 aromatic carbocycles. The molecule has 2 atom stereocenters. The van der Waals surface area contributed by atoms with Gasteiger partial charge in [0, 0.05) is 17.4 Å². The molecule has 0 aliphatic carbocycles. The molecule has 2 unspecified atom stereocenters. The van der Waals surface area contributed by atoms with Gasteiger partial charge in [-0.05, 0) is 42.3 Å². The minimum atomic E-state index is -1.28. The van der Waals surface area contributed by atoms with Gasteiger partial charge in [-0.1, -0.05) is 38.1 Å². The maximum atomic E-state index is 13.0. The topological polar surface area (TPSA) is 121 Å².